The number of ketones is 1. The zero-order valence-corrected chi connectivity index (χ0v) is 26.0. The standard InChI is InChI=1S/C33H37Cl2NO7/c1-19-7-13-25-20(2)30(40-31-33(25)24(19)15-16-32(3,41-31)42-43-33)36-29(38)18-39-17-21-8-10-22(11-9-21)28(37)14-12-23-26(34)5-4-6-27(23)35/h4-6,8-12,14,19-20,24-25,30-31H,7,13,15-18H2,1-3H3,(H,36,38)/b14-12+/t19-,20-,24+,25+,30-,31-,32-,33-/m1/s1. The number of fused-ring (bicyclic) bond motifs is 2. The second-order valence-corrected chi connectivity index (χ2v) is 13.2. The van der Waals surface area contributed by atoms with Gasteiger partial charge in [0.1, 0.15) is 12.8 Å². The molecule has 1 spiro atoms. The number of carbonyl (C=O) groups excluding carboxylic acids is 2. The second-order valence-electron chi connectivity index (χ2n) is 12.4. The highest BCUT2D eigenvalue weighted by molar-refractivity contribution is 6.37. The second kappa shape index (κ2) is 12.2. The highest BCUT2D eigenvalue weighted by Crippen LogP contribution is 2.60. The Morgan fingerprint density at radius 1 is 1.02 bits per heavy atom. The van der Waals surface area contributed by atoms with Crippen molar-refractivity contribution in [1.29, 1.82) is 0 Å². The normalized spacial score (nSPS) is 34.9. The van der Waals surface area contributed by atoms with E-state index in [-0.39, 0.29) is 42.7 Å². The summed E-state index contributed by atoms with van der Waals surface area (Å²) in [7, 11) is 0. The summed E-state index contributed by atoms with van der Waals surface area (Å²) in [6.07, 6.45) is 5.63. The van der Waals surface area contributed by atoms with Gasteiger partial charge in [-0.1, -0.05) is 67.4 Å². The summed E-state index contributed by atoms with van der Waals surface area (Å²) in [4.78, 5) is 37.6. The molecule has 4 heterocycles. The monoisotopic (exact) mass is 629 g/mol. The van der Waals surface area contributed by atoms with Crippen molar-refractivity contribution in [3.63, 3.8) is 0 Å². The van der Waals surface area contributed by atoms with Crippen LogP contribution in [0, 0.1) is 23.7 Å². The van der Waals surface area contributed by atoms with E-state index in [1.54, 1.807) is 48.5 Å². The third-order valence-corrected chi connectivity index (χ3v) is 10.3. The highest BCUT2D eigenvalue weighted by atomic mass is 35.5. The fourth-order valence-corrected chi connectivity index (χ4v) is 7.75. The van der Waals surface area contributed by atoms with Crippen molar-refractivity contribution < 1.29 is 33.6 Å². The van der Waals surface area contributed by atoms with E-state index in [4.69, 9.17) is 47.2 Å². The Bertz CT molecular complexity index is 1380. The maximum absolute atomic E-state index is 12.9. The van der Waals surface area contributed by atoms with E-state index in [9.17, 15) is 9.59 Å². The number of nitrogens with one attached hydrogen (secondary N) is 1. The van der Waals surface area contributed by atoms with Gasteiger partial charge in [0.05, 0.1) is 6.61 Å². The molecule has 4 saturated heterocycles. The summed E-state index contributed by atoms with van der Waals surface area (Å²) in [5, 5.41) is 3.96. The van der Waals surface area contributed by atoms with Crippen LogP contribution < -0.4 is 5.32 Å². The summed E-state index contributed by atoms with van der Waals surface area (Å²) in [5.41, 5.74) is 1.27. The Labute approximate surface area is 261 Å². The number of carbonyl (C=O) groups is 2. The molecule has 0 aromatic heterocycles. The quantitative estimate of drug-likeness (QED) is 0.197. The summed E-state index contributed by atoms with van der Waals surface area (Å²) in [6, 6.07) is 12.2. The molecule has 1 aliphatic carbocycles. The third-order valence-electron chi connectivity index (χ3n) is 9.60. The number of benzene rings is 2. The van der Waals surface area contributed by atoms with E-state index >= 15 is 0 Å². The molecule has 0 radical (unpaired) electrons. The van der Waals surface area contributed by atoms with Crippen LogP contribution in [0.5, 0.6) is 0 Å². The number of rotatable bonds is 8. The van der Waals surface area contributed by atoms with E-state index in [1.165, 1.54) is 6.08 Å². The van der Waals surface area contributed by atoms with Crippen LogP contribution in [0.25, 0.3) is 6.08 Å². The van der Waals surface area contributed by atoms with Crippen LogP contribution in [0.2, 0.25) is 10.0 Å². The van der Waals surface area contributed by atoms with Gasteiger partial charge in [0, 0.05) is 39.4 Å². The molecule has 5 aliphatic rings. The molecule has 1 amide bonds. The van der Waals surface area contributed by atoms with Gasteiger partial charge in [0.15, 0.2) is 17.7 Å². The summed E-state index contributed by atoms with van der Waals surface area (Å²) in [6.45, 7) is 6.34. The first-order chi connectivity index (χ1) is 20.6. The lowest BCUT2D eigenvalue weighted by molar-refractivity contribution is -0.571. The fourth-order valence-electron chi connectivity index (χ4n) is 7.22. The highest BCUT2D eigenvalue weighted by Gasteiger charge is 2.69. The van der Waals surface area contributed by atoms with Gasteiger partial charge in [-0.2, -0.15) is 0 Å². The average Bonchev–Trinajstić information content (AvgIpc) is 3.21. The Morgan fingerprint density at radius 2 is 1.77 bits per heavy atom. The van der Waals surface area contributed by atoms with E-state index in [0.717, 1.165) is 31.2 Å². The first-order valence-electron chi connectivity index (χ1n) is 14.9. The number of amides is 1. The zero-order chi connectivity index (χ0) is 30.4. The Balaban J connectivity index is 1.02. The summed E-state index contributed by atoms with van der Waals surface area (Å²) < 4.78 is 18.5. The SMILES string of the molecule is C[C@H]1[C@H](NC(=O)COCc2ccc(C(=O)/C=C/c3c(Cl)cccc3Cl)cc2)O[C@@H]2O[C@@]3(C)CC[C@H]4[C@H](C)CC[C@@H]1[C@@]24OO3. The molecule has 1 saturated carbocycles. The number of ether oxygens (including phenoxy) is 3. The predicted molar refractivity (Wildman–Crippen MR) is 161 cm³/mol. The van der Waals surface area contributed by atoms with Gasteiger partial charge < -0.3 is 19.5 Å². The molecule has 43 heavy (non-hydrogen) atoms. The lowest BCUT2D eigenvalue weighted by atomic mass is 9.58. The summed E-state index contributed by atoms with van der Waals surface area (Å²) in [5.74, 6) is -0.459. The maximum atomic E-state index is 12.9. The number of allylic oxidation sites excluding steroid dienone is 1. The zero-order valence-electron chi connectivity index (χ0n) is 24.5. The smallest absolute Gasteiger partial charge is 0.248 e. The van der Waals surface area contributed by atoms with E-state index in [0.29, 0.717) is 27.1 Å². The Kier molecular flexibility index (Phi) is 8.74. The van der Waals surface area contributed by atoms with Crippen LogP contribution in [0.4, 0.5) is 0 Å². The average molecular weight is 631 g/mol. The maximum Gasteiger partial charge on any atom is 0.248 e. The molecule has 7 rings (SSSR count). The minimum Gasteiger partial charge on any atom is -0.367 e. The van der Waals surface area contributed by atoms with E-state index in [2.05, 4.69) is 19.2 Å². The minimum absolute atomic E-state index is 0.00192. The predicted octanol–water partition coefficient (Wildman–Crippen LogP) is 6.73. The van der Waals surface area contributed by atoms with Crippen LogP contribution in [-0.2, 0) is 35.4 Å². The minimum atomic E-state index is -0.866. The van der Waals surface area contributed by atoms with E-state index in [1.807, 2.05) is 6.92 Å². The Hall–Kier alpha value is -2.30. The topological polar surface area (TPSA) is 92.3 Å². The van der Waals surface area contributed by atoms with Gasteiger partial charge in [-0.15, -0.1) is 0 Å². The van der Waals surface area contributed by atoms with Gasteiger partial charge >= 0.3 is 0 Å². The molecule has 8 atom stereocenters. The number of hydrogen-bond acceptors (Lipinski definition) is 7. The summed E-state index contributed by atoms with van der Waals surface area (Å²) >= 11 is 12.4. The molecule has 1 N–H and O–H groups in total. The largest absolute Gasteiger partial charge is 0.367 e. The molecule has 8 nitrogen and oxygen atoms in total. The van der Waals surface area contributed by atoms with Crippen molar-refractivity contribution >= 4 is 41.0 Å². The van der Waals surface area contributed by atoms with Crippen molar-refractivity contribution in [3.8, 4) is 0 Å². The van der Waals surface area contributed by atoms with Gasteiger partial charge in [-0.05, 0) is 67.9 Å². The molecule has 4 aliphatic heterocycles. The molecule has 5 fully saturated rings. The molecule has 2 bridgehead atoms. The van der Waals surface area contributed by atoms with Gasteiger partial charge in [0.2, 0.25) is 11.7 Å². The van der Waals surface area contributed by atoms with Crippen LogP contribution in [-0.4, -0.2) is 42.2 Å². The van der Waals surface area contributed by atoms with Crippen LogP contribution in [0.1, 0.15) is 67.9 Å². The van der Waals surface area contributed by atoms with Gasteiger partial charge in [0.25, 0.3) is 0 Å². The fraction of sp³-hybridized carbons (Fsp3) is 0.515. The Morgan fingerprint density at radius 3 is 2.51 bits per heavy atom. The van der Waals surface area contributed by atoms with Crippen LogP contribution in [0.15, 0.2) is 48.5 Å². The molecular formula is C33H37Cl2NO7. The van der Waals surface area contributed by atoms with Crippen molar-refractivity contribution in [1.82, 2.24) is 5.32 Å². The van der Waals surface area contributed by atoms with Crippen molar-refractivity contribution in [2.24, 2.45) is 23.7 Å². The van der Waals surface area contributed by atoms with Gasteiger partial charge in [-0.3, -0.25) is 9.59 Å². The molecule has 0 unspecified atom stereocenters. The van der Waals surface area contributed by atoms with Crippen molar-refractivity contribution in [2.45, 2.75) is 77.0 Å². The van der Waals surface area contributed by atoms with Gasteiger partial charge in [-0.25, -0.2) is 9.78 Å². The van der Waals surface area contributed by atoms with E-state index < -0.39 is 23.9 Å². The van der Waals surface area contributed by atoms with Crippen molar-refractivity contribution in [3.05, 3.63) is 75.3 Å². The molecule has 2 aromatic carbocycles. The van der Waals surface area contributed by atoms with Crippen molar-refractivity contribution in [2.75, 3.05) is 6.61 Å². The number of halogens is 2. The first-order valence-corrected chi connectivity index (χ1v) is 15.7. The lowest BCUT2D eigenvalue weighted by Gasteiger charge is -2.60. The molecule has 10 heteroatoms. The third kappa shape index (κ3) is 5.91. The first kappa shape index (κ1) is 30.7. The lowest BCUT2D eigenvalue weighted by Crippen LogP contribution is -2.72. The molecule has 230 valence electrons. The van der Waals surface area contributed by atoms with Crippen LogP contribution >= 0.6 is 23.2 Å². The number of hydrogen-bond donors (Lipinski definition) is 1. The van der Waals surface area contributed by atoms with Crippen LogP contribution in [0.3, 0.4) is 0 Å². The molecule has 2 aromatic rings. The molecular weight excluding hydrogens is 593 g/mol.